The highest BCUT2D eigenvalue weighted by molar-refractivity contribution is 7.91. The van der Waals surface area contributed by atoms with Crippen LogP contribution in [-0.2, 0) is 16.0 Å². The van der Waals surface area contributed by atoms with Gasteiger partial charge in [0, 0.05) is 6.42 Å². The summed E-state index contributed by atoms with van der Waals surface area (Å²) >= 11 is -0.922. The number of aryl methyl sites for hydroxylation is 1. The van der Waals surface area contributed by atoms with E-state index < -0.39 is 29.4 Å². The number of unbranched alkanes of at least 4 members (excludes halogenated alkanes) is 4. The van der Waals surface area contributed by atoms with Crippen LogP contribution in [0.15, 0.2) is 53.5 Å². The summed E-state index contributed by atoms with van der Waals surface area (Å²) in [5.74, 6) is 0.0144. The molecule has 1 unspecified atom stereocenters. The quantitative estimate of drug-likeness (QED) is 0.184. The molecule has 0 amide bonds. The van der Waals surface area contributed by atoms with E-state index in [1.54, 1.807) is 0 Å². The number of hydrogen-bond acceptors (Lipinski definition) is 4. The summed E-state index contributed by atoms with van der Waals surface area (Å²) in [4.78, 5) is 11.5. The maximum absolute atomic E-state index is 12.3. The first-order valence-electron chi connectivity index (χ1n) is 12.2. The smallest absolute Gasteiger partial charge is 0.303 e. The molecule has 0 bridgehead atoms. The second kappa shape index (κ2) is 15.3. The largest absolute Gasteiger partial charge is 0.611 e. The van der Waals surface area contributed by atoms with E-state index in [0.29, 0.717) is 25.0 Å². The van der Waals surface area contributed by atoms with E-state index in [0.717, 1.165) is 43.4 Å². The molecule has 0 spiro atoms. The van der Waals surface area contributed by atoms with Crippen LogP contribution in [0.2, 0.25) is 0 Å². The molecular weight excluding hydrogens is 436 g/mol. The molecule has 0 aliphatic heterocycles. The van der Waals surface area contributed by atoms with E-state index in [2.05, 4.69) is 12.2 Å². The van der Waals surface area contributed by atoms with Crippen molar-refractivity contribution in [3.05, 3.63) is 54.1 Å². The van der Waals surface area contributed by atoms with Crippen LogP contribution in [0, 0.1) is 18.8 Å². The average Bonchev–Trinajstić information content (AvgIpc) is 3.04. The molecule has 0 heterocycles. The number of hydrogen-bond donors (Lipinski definition) is 3. The molecule has 5 nitrogen and oxygen atoms in total. The molecular formula is C27H40O5S. The maximum atomic E-state index is 12.3. The lowest BCUT2D eigenvalue weighted by atomic mass is 9.87. The van der Waals surface area contributed by atoms with Crippen LogP contribution >= 0.6 is 0 Å². The Morgan fingerprint density at radius 1 is 0.939 bits per heavy atom. The van der Waals surface area contributed by atoms with Gasteiger partial charge in [0.2, 0.25) is 0 Å². The van der Waals surface area contributed by atoms with Gasteiger partial charge >= 0.3 is 5.97 Å². The van der Waals surface area contributed by atoms with E-state index >= 15 is 0 Å². The van der Waals surface area contributed by atoms with Gasteiger partial charge in [0.15, 0.2) is 4.90 Å². The summed E-state index contributed by atoms with van der Waals surface area (Å²) in [7, 11) is 0. The zero-order valence-electron chi connectivity index (χ0n) is 19.8. The first-order valence-corrected chi connectivity index (χ1v) is 13.5. The molecule has 6 heteroatoms. The van der Waals surface area contributed by atoms with E-state index in [9.17, 15) is 19.6 Å². The molecule has 184 valence electrons. The molecule has 3 N–H and O–H groups in total. The van der Waals surface area contributed by atoms with E-state index in [4.69, 9.17) is 5.11 Å². The summed E-state index contributed by atoms with van der Waals surface area (Å²) in [5, 5.41) is 29.4. The number of aliphatic hydroxyl groups excluding tert-OH is 2. The van der Waals surface area contributed by atoms with Gasteiger partial charge in [-0.2, -0.15) is 0 Å². The monoisotopic (exact) mass is 476 g/mol. The van der Waals surface area contributed by atoms with Gasteiger partial charge in [-0.1, -0.05) is 42.0 Å². The Balaban J connectivity index is 1.62. The number of carboxylic acid groups (broad SMARTS) is 1. The topological polar surface area (TPSA) is 101 Å². The van der Waals surface area contributed by atoms with Crippen molar-refractivity contribution in [1.29, 1.82) is 0 Å². The summed E-state index contributed by atoms with van der Waals surface area (Å²) < 4.78 is 12.3. The van der Waals surface area contributed by atoms with Crippen LogP contribution in [0.4, 0.5) is 0 Å². The van der Waals surface area contributed by atoms with Gasteiger partial charge in [-0.05, 0) is 99.9 Å². The summed E-state index contributed by atoms with van der Waals surface area (Å²) in [6, 6.07) is 7.90. The van der Waals surface area contributed by atoms with Crippen molar-refractivity contribution in [2.75, 3.05) is 5.75 Å². The molecule has 0 saturated heterocycles. The van der Waals surface area contributed by atoms with E-state index in [1.807, 2.05) is 43.3 Å². The minimum atomic E-state index is -0.922. The number of rotatable bonds is 15. The lowest BCUT2D eigenvalue weighted by Crippen LogP contribution is -2.21. The molecule has 0 aromatic heterocycles. The highest BCUT2D eigenvalue weighted by atomic mass is 32.2. The van der Waals surface area contributed by atoms with Crippen LogP contribution in [0.25, 0.3) is 0 Å². The van der Waals surface area contributed by atoms with Crippen LogP contribution in [0.5, 0.6) is 0 Å². The Morgan fingerprint density at radius 3 is 2.09 bits per heavy atom. The van der Waals surface area contributed by atoms with Crippen molar-refractivity contribution in [3.63, 3.8) is 0 Å². The Bertz CT molecular complexity index is 745. The zero-order chi connectivity index (χ0) is 24.1. The van der Waals surface area contributed by atoms with Gasteiger partial charge in [0.05, 0.1) is 12.2 Å². The molecule has 1 saturated carbocycles. The minimum Gasteiger partial charge on any atom is -0.611 e. The number of carboxylic acids is 1. The fourth-order valence-electron chi connectivity index (χ4n) is 4.43. The van der Waals surface area contributed by atoms with Crippen molar-refractivity contribution in [2.45, 2.75) is 88.2 Å². The van der Waals surface area contributed by atoms with Crippen LogP contribution in [0.1, 0.15) is 69.8 Å². The van der Waals surface area contributed by atoms with Gasteiger partial charge in [-0.3, -0.25) is 4.79 Å². The standard InChI is InChI=1S/C27H40O5S/c1-21-15-17-22(18-16-21)33(32)19-11-7-3-2-4-8-12-23-24(26(29)20-25(23)28)13-9-5-6-10-14-27(30)31/h4-5,8-9,15-18,23-26,28-29H,2-3,6-7,10-14,19-20H2,1H3,(H,30,31)/b8-4+,9-5-/t23-,24-,25-,26+,33?/m1/s1. The fraction of sp³-hybridized carbons (Fsp3) is 0.593. The van der Waals surface area contributed by atoms with Crippen molar-refractivity contribution in [2.24, 2.45) is 11.8 Å². The molecule has 1 aliphatic rings. The Labute approximate surface area is 201 Å². The van der Waals surface area contributed by atoms with Gasteiger partial charge < -0.3 is 19.9 Å². The first-order chi connectivity index (χ1) is 15.9. The minimum absolute atomic E-state index is 0.0390. The third-order valence-corrected chi connectivity index (χ3v) is 7.87. The van der Waals surface area contributed by atoms with Crippen molar-refractivity contribution in [1.82, 2.24) is 0 Å². The number of aliphatic carboxylic acids is 1. The van der Waals surface area contributed by atoms with Crippen molar-refractivity contribution >= 4 is 17.1 Å². The third kappa shape index (κ3) is 10.5. The predicted molar refractivity (Wildman–Crippen MR) is 134 cm³/mol. The zero-order valence-corrected chi connectivity index (χ0v) is 20.6. The fourth-order valence-corrected chi connectivity index (χ4v) is 5.57. The molecule has 0 radical (unpaired) electrons. The van der Waals surface area contributed by atoms with Gasteiger partial charge in [0.25, 0.3) is 0 Å². The van der Waals surface area contributed by atoms with Crippen molar-refractivity contribution < 1.29 is 24.7 Å². The maximum Gasteiger partial charge on any atom is 0.303 e. The molecule has 1 aromatic rings. The number of allylic oxidation sites excluding steroid dienone is 4. The molecule has 33 heavy (non-hydrogen) atoms. The normalized spacial score (nSPS) is 24.1. The lowest BCUT2D eigenvalue weighted by molar-refractivity contribution is -0.137. The van der Waals surface area contributed by atoms with Crippen molar-refractivity contribution in [3.8, 4) is 0 Å². The number of carbonyl (C=O) groups is 1. The highest BCUT2D eigenvalue weighted by Gasteiger charge is 2.39. The van der Waals surface area contributed by atoms with E-state index in [1.165, 1.54) is 5.56 Å². The SMILES string of the molecule is Cc1ccc([S+]([O-])CCCCC/C=C/C[C@@H]2[C@@H](C/C=C\CCCC(=O)O)[C@@H](O)C[C@H]2O)cc1. The number of aliphatic hydroxyl groups is 2. The molecule has 5 atom stereocenters. The lowest BCUT2D eigenvalue weighted by Gasteiger charge is -2.21. The molecule has 1 aromatic carbocycles. The molecule has 2 rings (SSSR count). The average molecular weight is 477 g/mol. The summed E-state index contributed by atoms with van der Waals surface area (Å²) in [6.45, 7) is 2.03. The van der Waals surface area contributed by atoms with Gasteiger partial charge in [0.1, 0.15) is 5.75 Å². The third-order valence-electron chi connectivity index (χ3n) is 6.42. The summed E-state index contributed by atoms with van der Waals surface area (Å²) in [6.07, 6.45) is 14.7. The van der Waals surface area contributed by atoms with Gasteiger partial charge in [-0.25, -0.2) is 0 Å². The Kier molecular flexibility index (Phi) is 12.8. The first kappa shape index (κ1) is 27.6. The van der Waals surface area contributed by atoms with Crippen LogP contribution in [-0.4, -0.2) is 43.8 Å². The van der Waals surface area contributed by atoms with Gasteiger partial charge in [-0.15, -0.1) is 0 Å². The molecule has 1 fully saturated rings. The van der Waals surface area contributed by atoms with Crippen LogP contribution in [0.3, 0.4) is 0 Å². The Morgan fingerprint density at radius 2 is 1.52 bits per heavy atom. The van der Waals surface area contributed by atoms with Crippen LogP contribution < -0.4 is 0 Å². The highest BCUT2D eigenvalue weighted by Crippen LogP contribution is 2.37. The number of benzene rings is 1. The summed E-state index contributed by atoms with van der Waals surface area (Å²) in [5.41, 5.74) is 1.18. The second-order valence-electron chi connectivity index (χ2n) is 9.11. The second-order valence-corrected chi connectivity index (χ2v) is 10.7. The predicted octanol–water partition coefficient (Wildman–Crippen LogP) is 5.17. The Hall–Kier alpha value is -1.60. The van der Waals surface area contributed by atoms with E-state index in [-0.39, 0.29) is 18.3 Å². The molecule has 1 aliphatic carbocycles.